The first kappa shape index (κ1) is 21.2. The molecule has 5 aromatic rings. The van der Waals surface area contributed by atoms with Crippen LogP contribution >= 0.6 is 11.3 Å². The Morgan fingerprint density at radius 3 is 2.14 bits per heavy atom. The first-order valence-corrected chi connectivity index (χ1v) is 12.1. The molecule has 1 amide bonds. The number of tetrazole rings is 1. The molecule has 4 heterocycles. The van der Waals surface area contributed by atoms with Gasteiger partial charge < -0.3 is 9.80 Å². The molecule has 0 unspecified atom stereocenters. The Labute approximate surface area is 205 Å². The van der Waals surface area contributed by atoms with Gasteiger partial charge in [-0.3, -0.25) is 4.79 Å². The lowest BCUT2D eigenvalue weighted by atomic mass is 10.3. The maximum absolute atomic E-state index is 13.4. The van der Waals surface area contributed by atoms with Crippen molar-refractivity contribution in [3.05, 3.63) is 84.0 Å². The van der Waals surface area contributed by atoms with Gasteiger partial charge in [0.2, 0.25) is 11.8 Å². The number of hydrogen-bond donors (Lipinski definition) is 0. The monoisotopic (exact) mass is 483 g/mol. The molecule has 1 aliphatic rings. The lowest BCUT2D eigenvalue weighted by molar-refractivity contribution is 0.0734. The van der Waals surface area contributed by atoms with Crippen molar-refractivity contribution < 1.29 is 4.79 Å². The molecule has 0 saturated carbocycles. The molecule has 10 nitrogen and oxygen atoms in total. The molecule has 11 heteroatoms. The number of aromatic nitrogens is 7. The van der Waals surface area contributed by atoms with Crippen molar-refractivity contribution in [3.63, 3.8) is 0 Å². The van der Waals surface area contributed by atoms with Gasteiger partial charge in [-0.1, -0.05) is 47.6 Å². The molecule has 0 radical (unpaired) electrons. The van der Waals surface area contributed by atoms with E-state index in [9.17, 15) is 4.79 Å². The highest BCUT2D eigenvalue weighted by atomic mass is 32.1. The molecule has 0 aliphatic carbocycles. The number of piperazine rings is 1. The van der Waals surface area contributed by atoms with Crippen LogP contribution in [0.4, 0.5) is 5.95 Å². The predicted octanol–water partition coefficient (Wildman–Crippen LogP) is 2.93. The fraction of sp³-hybridized carbons (Fsp3) is 0.167. The fourth-order valence-electron chi connectivity index (χ4n) is 4.08. The van der Waals surface area contributed by atoms with Crippen molar-refractivity contribution in [2.45, 2.75) is 0 Å². The first-order chi connectivity index (χ1) is 17.3. The third-order valence-electron chi connectivity index (χ3n) is 5.84. The minimum absolute atomic E-state index is 0.181. The number of hydrogen-bond acceptors (Lipinski definition) is 8. The maximum Gasteiger partial charge on any atom is 0.293 e. The van der Waals surface area contributed by atoms with Gasteiger partial charge in [0, 0.05) is 26.2 Å². The van der Waals surface area contributed by atoms with E-state index in [1.807, 2.05) is 78.2 Å². The number of carbonyl (C=O) groups is 1. The van der Waals surface area contributed by atoms with Crippen LogP contribution in [0.3, 0.4) is 0 Å². The quantitative estimate of drug-likeness (QED) is 0.379. The summed E-state index contributed by atoms with van der Waals surface area (Å²) >= 11 is 1.57. The largest absolute Gasteiger partial charge is 0.336 e. The van der Waals surface area contributed by atoms with Crippen molar-refractivity contribution in [1.82, 2.24) is 39.9 Å². The zero-order valence-corrected chi connectivity index (χ0v) is 19.5. The van der Waals surface area contributed by atoms with Crippen LogP contribution in [0.2, 0.25) is 0 Å². The van der Waals surface area contributed by atoms with Gasteiger partial charge in [0.05, 0.1) is 16.3 Å². The lowest BCUT2D eigenvalue weighted by Crippen LogP contribution is -2.49. The Morgan fingerprint density at radius 1 is 0.800 bits per heavy atom. The van der Waals surface area contributed by atoms with Crippen LogP contribution < -0.4 is 4.90 Å². The summed E-state index contributed by atoms with van der Waals surface area (Å²) in [6, 6.07) is 23.5. The van der Waals surface area contributed by atoms with Crippen LogP contribution in [0.25, 0.3) is 22.1 Å². The SMILES string of the molecule is O=C(c1nc(-c2cccs2)n(-c2ccccc2)n1)N1CCN(c2nnnn2-c2ccccc2)CC1. The van der Waals surface area contributed by atoms with E-state index < -0.39 is 0 Å². The summed E-state index contributed by atoms with van der Waals surface area (Å²) in [4.78, 5) is 22.9. The number of benzene rings is 2. The van der Waals surface area contributed by atoms with Gasteiger partial charge in [0.15, 0.2) is 5.82 Å². The van der Waals surface area contributed by atoms with Gasteiger partial charge in [0.25, 0.3) is 5.91 Å². The highest BCUT2D eigenvalue weighted by molar-refractivity contribution is 7.13. The predicted molar refractivity (Wildman–Crippen MR) is 132 cm³/mol. The average Bonchev–Trinajstić information content (AvgIpc) is 3.70. The van der Waals surface area contributed by atoms with Crippen LogP contribution in [0.15, 0.2) is 78.2 Å². The first-order valence-electron chi connectivity index (χ1n) is 11.2. The summed E-state index contributed by atoms with van der Waals surface area (Å²) in [5.74, 6) is 1.34. The van der Waals surface area contributed by atoms with Gasteiger partial charge in [-0.25, -0.2) is 9.67 Å². The van der Waals surface area contributed by atoms with Gasteiger partial charge in [-0.15, -0.1) is 16.4 Å². The van der Waals surface area contributed by atoms with Gasteiger partial charge in [-0.05, 0) is 46.1 Å². The van der Waals surface area contributed by atoms with Crippen molar-refractivity contribution in [1.29, 1.82) is 0 Å². The molecule has 174 valence electrons. The molecule has 1 aliphatic heterocycles. The van der Waals surface area contributed by atoms with Gasteiger partial charge >= 0.3 is 0 Å². The van der Waals surface area contributed by atoms with E-state index in [1.165, 1.54) is 0 Å². The normalized spacial score (nSPS) is 13.8. The molecule has 0 N–H and O–H groups in total. The van der Waals surface area contributed by atoms with Crippen LogP contribution in [-0.4, -0.2) is 72.0 Å². The topological polar surface area (TPSA) is 97.9 Å². The second kappa shape index (κ2) is 9.11. The summed E-state index contributed by atoms with van der Waals surface area (Å²) in [7, 11) is 0. The van der Waals surface area contributed by atoms with E-state index in [0.29, 0.717) is 38.0 Å². The van der Waals surface area contributed by atoms with Gasteiger partial charge in [-0.2, -0.15) is 4.68 Å². The summed E-state index contributed by atoms with van der Waals surface area (Å²) in [6.45, 7) is 2.26. The zero-order valence-electron chi connectivity index (χ0n) is 18.7. The number of rotatable bonds is 5. The van der Waals surface area contributed by atoms with Crippen LogP contribution in [0, 0.1) is 0 Å². The molecule has 1 fully saturated rings. The van der Waals surface area contributed by atoms with E-state index in [-0.39, 0.29) is 11.7 Å². The maximum atomic E-state index is 13.4. The van der Waals surface area contributed by atoms with Crippen molar-refractivity contribution >= 4 is 23.2 Å². The number of carbonyl (C=O) groups excluding carboxylic acids is 1. The van der Waals surface area contributed by atoms with Crippen LogP contribution in [-0.2, 0) is 0 Å². The Balaban J connectivity index is 1.22. The minimum Gasteiger partial charge on any atom is -0.336 e. The van der Waals surface area contributed by atoms with E-state index in [1.54, 1.807) is 25.6 Å². The van der Waals surface area contributed by atoms with E-state index in [0.717, 1.165) is 16.3 Å². The Hall–Kier alpha value is -4.38. The number of anilines is 1. The third kappa shape index (κ3) is 4.06. The molecule has 0 bridgehead atoms. The summed E-state index contributed by atoms with van der Waals surface area (Å²) < 4.78 is 3.46. The number of amides is 1. The number of para-hydroxylation sites is 2. The Kier molecular flexibility index (Phi) is 5.51. The summed E-state index contributed by atoms with van der Waals surface area (Å²) in [5, 5.41) is 18.8. The Morgan fingerprint density at radius 2 is 1.49 bits per heavy atom. The standard InChI is InChI=1S/C24H21N9OS/c34-23(21-25-22(20-12-7-17-35-20)32(27-21)18-8-3-1-4-9-18)30-13-15-31(16-14-30)24-26-28-29-33(24)19-10-5-2-6-11-19/h1-12,17H,13-16H2. The molecular weight excluding hydrogens is 462 g/mol. The zero-order chi connectivity index (χ0) is 23.6. The van der Waals surface area contributed by atoms with Crippen molar-refractivity contribution in [3.8, 4) is 22.1 Å². The summed E-state index contributed by atoms with van der Waals surface area (Å²) in [5.41, 5.74) is 1.75. The summed E-state index contributed by atoms with van der Waals surface area (Å²) in [6.07, 6.45) is 0. The molecule has 6 rings (SSSR count). The smallest absolute Gasteiger partial charge is 0.293 e. The van der Waals surface area contributed by atoms with Gasteiger partial charge in [0.1, 0.15) is 0 Å². The highest BCUT2D eigenvalue weighted by Gasteiger charge is 2.29. The third-order valence-corrected chi connectivity index (χ3v) is 6.71. The minimum atomic E-state index is -0.181. The molecule has 0 atom stereocenters. The van der Waals surface area contributed by atoms with E-state index in [4.69, 9.17) is 0 Å². The van der Waals surface area contributed by atoms with Crippen LogP contribution in [0.1, 0.15) is 10.6 Å². The van der Waals surface area contributed by atoms with Crippen molar-refractivity contribution in [2.75, 3.05) is 31.1 Å². The van der Waals surface area contributed by atoms with E-state index in [2.05, 4.69) is 30.5 Å². The molecule has 2 aromatic carbocycles. The van der Waals surface area contributed by atoms with Crippen molar-refractivity contribution in [2.24, 2.45) is 0 Å². The molecule has 3 aromatic heterocycles. The second-order valence-corrected chi connectivity index (χ2v) is 8.94. The molecule has 35 heavy (non-hydrogen) atoms. The lowest BCUT2D eigenvalue weighted by Gasteiger charge is -2.34. The number of nitrogens with zero attached hydrogens (tertiary/aromatic N) is 9. The molecular formula is C24H21N9OS. The molecule has 1 saturated heterocycles. The number of thiophene rings is 1. The van der Waals surface area contributed by atoms with Crippen LogP contribution in [0.5, 0.6) is 0 Å². The second-order valence-electron chi connectivity index (χ2n) is 7.99. The Bertz CT molecular complexity index is 1420. The van der Waals surface area contributed by atoms with E-state index >= 15 is 0 Å². The molecule has 0 spiro atoms. The fourth-order valence-corrected chi connectivity index (χ4v) is 4.78. The average molecular weight is 484 g/mol. The highest BCUT2D eigenvalue weighted by Crippen LogP contribution is 2.26.